The van der Waals surface area contributed by atoms with Crippen molar-refractivity contribution in [3.8, 4) is 5.75 Å². The fourth-order valence-electron chi connectivity index (χ4n) is 2.05. The highest BCUT2D eigenvalue weighted by atomic mass is 16.5. The van der Waals surface area contributed by atoms with Crippen molar-refractivity contribution in [2.75, 3.05) is 6.61 Å². The summed E-state index contributed by atoms with van der Waals surface area (Å²) in [5.74, 6) is 1.48. The van der Waals surface area contributed by atoms with Gasteiger partial charge in [-0.1, -0.05) is 26.0 Å². The van der Waals surface area contributed by atoms with Crippen molar-refractivity contribution in [2.45, 2.75) is 33.4 Å². The van der Waals surface area contributed by atoms with E-state index in [9.17, 15) is 0 Å². The molecule has 1 atom stereocenters. The van der Waals surface area contributed by atoms with Crippen molar-refractivity contribution in [1.82, 2.24) is 15.1 Å². The van der Waals surface area contributed by atoms with Crippen LogP contribution >= 0.6 is 0 Å². The molecule has 0 saturated heterocycles. The Hall–Kier alpha value is -1.81. The van der Waals surface area contributed by atoms with E-state index in [1.807, 2.05) is 36.1 Å². The number of nitrogens with zero attached hydrogens (tertiary/aromatic N) is 2. The van der Waals surface area contributed by atoms with Gasteiger partial charge in [-0.25, -0.2) is 0 Å². The molecule has 0 saturated carbocycles. The van der Waals surface area contributed by atoms with Crippen molar-refractivity contribution in [2.24, 2.45) is 13.0 Å². The van der Waals surface area contributed by atoms with Crippen molar-refractivity contribution >= 4 is 0 Å². The first kappa shape index (κ1) is 15.6. The number of hydrogen-bond acceptors (Lipinski definition) is 3. The van der Waals surface area contributed by atoms with Gasteiger partial charge in [0.05, 0.1) is 12.3 Å². The summed E-state index contributed by atoms with van der Waals surface area (Å²) in [6, 6.07) is 10.5. The van der Waals surface area contributed by atoms with Gasteiger partial charge >= 0.3 is 0 Å². The van der Waals surface area contributed by atoms with Crippen LogP contribution in [0.4, 0.5) is 0 Å². The first-order chi connectivity index (χ1) is 10.0. The second kappa shape index (κ2) is 7.27. The topological polar surface area (TPSA) is 39.1 Å². The van der Waals surface area contributed by atoms with E-state index in [1.165, 1.54) is 5.56 Å². The van der Waals surface area contributed by atoms with E-state index >= 15 is 0 Å². The van der Waals surface area contributed by atoms with Crippen molar-refractivity contribution < 1.29 is 4.74 Å². The van der Waals surface area contributed by atoms with Crippen LogP contribution in [0.1, 0.15) is 38.1 Å². The first-order valence-corrected chi connectivity index (χ1v) is 7.49. The number of rotatable bonds is 7. The molecule has 1 aromatic carbocycles. The molecular weight excluding hydrogens is 262 g/mol. The van der Waals surface area contributed by atoms with E-state index in [0.29, 0.717) is 5.92 Å². The maximum atomic E-state index is 5.76. The third-order valence-corrected chi connectivity index (χ3v) is 3.27. The van der Waals surface area contributed by atoms with Gasteiger partial charge in [-0.3, -0.25) is 4.68 Å². The van der Waals surface area contributed by atoms with Gasteiger partial charge in [0, 0.05) is 25.8 Å². The summed E-state index contributed by atoms with van der Waals surface area (Å²) < 4.78 is 7.59. The molecular formula is C17H25N3O. The molecule has 1 aromatic heterocycles. The predicted octanol–water partition coefficient (Wildman–Crippen LogP) is 3.31. The smallest absolute Gasteiger partial charge is 0.119 e. The van der Waals surface area contributed by atoms with Crippen LogP contribution in [0.3, 0.4) is 0 Å². The minimum absolute atomic E-state index is 0.228. The Kier molecular flexibility index (Phi) is 5.39. The SMILES string of the molecule is CC(C)COc1cccc(CNC(C)c2ccn(C)n2)c1. The molecule has 0 spiro atoms. The molecule has 1 heterocycles. The largest absolute Gasteiger partial charge is 0.493 e. The van der Waals surface area contributed by atoms with Crippen LogP contribution in [0, 0.1) is 5.92 Å². The van der Waals surface area contributed by atoms with Crippen LogP contribution in [0.2, 0.25) is 0 Å². The molecule has 4 nitrogen and oxygen atoms in total. The van der Waals surface area contributed by atoms with Crippen LogP contribution in [0.15, 0.2) is 36.5 Å². The first-order valence-electron chi connectivity index (χ1n) is 7.49. The number of hydrogen-bond donors (Lipinski definition) is 1. The standard InChI is InChI=1S/C17H25N3O/c1-13(2)12-21-16-7-5-6-15(10-16)11-18-14(3)17-8-9-20(4)19-17/h5-10,13-14,18H,11-12H2,1-4H3. The Bertz CT molecular complexity index is 563. The Labute approximate surface area is 127 Å². The number of ether oxygens (including phenoxy) is 1. The molecule has 0 aliphatic rings. The number of aromatic nitrogens is 2. The molecule has 1 unspecified atom stereocenters. The highest BCUT2D eigenvalue weighted by molar-refractivity contribution is 5.28. The zero-order chi connectivity index (χ0) is 15.2. The molecule has 1 N–H and O–H groups in total. The lowest BCUT2D eigenvalue weighted by atomic mass is 10.2. The lowest BCUT2D eigenvalue weighted by Crippen LogP contribution is -2.18. The average molecular weight is 287 g/mol. The molecule has 2 rings (SSSR count). The summed E-state index contributed by atoms with van der Waals surface area (Å²) in [4.78, 5) is 0. The van der Waals surface area contributed by atoms with Gasteiger partial charge in [0.1, 0.15) is 5.75 Å². The monoisotopic (exact) mass is 287 g/mol. The fourth-order valence-corrected chi connectivity index (χ4v) is 2.05. The van der Waals surface area contributed by atoms with Crippen molar-refractivity contribution in [1.29, 1.82) is 0 Å². The van der Waals surface area contributed by atoms with Gasteiger partial charge in [-0.05, 0) is 36.6 Å². The van der Waals surface area contributed by atoms with E-state index in [2.05, 4.69) is 43.3 Å². The van der Waals surface area contributed by atoms with Gasteiger partial charge in [0.2, 0.25) is 0 Å². The lowest BCUT2D eigenvalue weighted by molar-refractivity contribution is 0.271. The summed E-state index contributed by atoms with van der Waals surface area (Å²) in [6.45, 7) is 7.99. The van der Waals surface area contributed by atoms with E-state index < -0.39 is 0 Å². The maximum absolute atomic E-state index is 5.76. The van der Waals surface area contributed by atoms with Crippen molar-refractivity contribution in [3.63, 3.8) is 0 Å². The maximum Gasteiger partial charge on any atom is 0.119 e. The van der Waals surface area contributed by atoms with Gasteiger partial charge in [-0.15, -0.1) is 0 Å². The quantitative estimate of drug-likeness (QED) is 0.849. The Morgan fingerprint density at radius 2 is 2.05 bits per heavy atom. The normalized spacial score (nSPS) is 12.6. The van der Waals surface area contributed by atoms with Gasteiger partial charge in [-0.2, -0.15) is 5.10 Å². The Balaban J connectivity index is 1.89. The predicted molar refractivity (Wildman–Crippen MR) is 85.2 cm³/mol. The van der Waals surface area contributed by atoms with E-state index in [0.717, 1.165) is 24.6 Å². The molecule has 21 heavy (non-hydrogen) atoms. The van der Waals surface area contributed by atoms with Gasteiger partial charge < -0.3 is 10.1 Å². The van der Waals surface area contributed by atoms with E-state index in [1.54, 1.807) is 0 Å². The molecule has 4 heteroatoms. The third-order valence-electron chi connectivity index (χ3n) is 3.27. The molecule has 0 fully saturated rings. The third kappa shape index (κ3) is 4.90. The Morgan fingerprint density at radius 3 is 2.71 bits per heavy atom. The Morgan fingerprint density at radius 1 is 1.24 bits per heavy atom. The summed E-state index contributed by atoms with van der Waals surface area (Å²) >= 11 is 0. The minimum atomic E-state index is 0.228. The highest BCUT2D eigenvalue weighted by Gasteiger charge is 2.08. The minimum Gasteiger partial charge on any atom is -0.493 e. The molecule has 0 aliphatic heterocycles. The number of benzene rings is 1. The summed E-state index contributed by atoms with van der Waals surface area (Å²) in [5, 5.41) is 7.91. The molecule has 114 valence electrons. The van der Waals surface area contributed by atoms with Crippen LogP contribution in [-0.4, -0.2) is 16.4 Å². The summed E-state index contributed by atoms with van der Waals surface area (Å²) in [7, 11) is 1.94. The molecule has 0 radical (unpaired) electrons. The molecule has 0 aliphatic carbocycles. The second-order valence-electron chi connectivity index (χ2n) is 5.87. The fraction of sp³-hybridized carbons (Fsp3) is 0.471. The summed E-state index contributed by atoms with van der Waals surface area (Å²) in [5.41, 5.74) is 2.28. The highest BCUT2D eigenvalue weighted by Crippen LogP contribution is 2.16. The molecule has 0 amide bonds. The zero-order valence-corrected chi connectivity index (χ0v) is 13.3. The second-order valence-corrected chi connectivity index (χ2v) is 5.87. The van der Waals surface area contributed by atoms with Crippen LogP contribution in [-0.2, 0) is 13.6 Å². The van der Waals surface area contributed by atoms with Crippen LogP contribution in [0.25, 0.3) is 0 Å². The van der Waals surface area contributed by atoms with E-state index in [-0.39, 0.29) is 6.04 Å². The van der Waals surface area contributed by atoms with E-state index in [4.69, 9.17) is 4.74 Å². The number of aryl methyl sites for hydroxylation is 1. The van der Waals surface area contributed by atoms with Gasteiger partial charge in [0.15, 0.2) is 0 Å². The molecule has 2 aromatic rings. The van der Waals surface area contributed by atoms with Crippen LogP contribution < -0.4 is 10.1 Å². The van der Waals surface area contributed by atoms with Crippen molar-refractivity contribution in [3.05, 3.63) is 47.8 Å². The van der Waals surface area contributed by atoms with Gasteiger partial charge in [0.25, 0.3) is 0 Å². The molecule has 0 bridgehead atoms. The average Bonchev–Trinajstić information content (AvgIpc) is 2.90. The lowest BCUT2D eigenvalue weighted by Gasteiger charge is -2.13. The number of nitrogens with one attached hydrogen (secondary N) is 1. The summed E-state index contributed by atoms with van der Waals surface area (Å²) in [6.07, 6.45) is 1.97. The van der Waals surface area contributed by atoms with Crippen LogP contribution in [0.5, 0.6) is 5.75 Å². The zero-order valence-electron chi connectivity index (χ0n) is 13.3.